The molecule has 2 aromatic carbocycles. The monoisotopic (exact) mass is 362 g/mol. The second-order valence-electron chi connectivity index (χ2n) is 6.29. The Bertz CT molecular complexity index is 741. The van der Waals surface area contributed by atoms with Crippen molar-refractivity contribution in [2.45, 2.75) is 44.1 Å². The molecule has 0 aromatic heterocycles. The van der Waals surface area contributed by atoms with Gasteiger partial charge >= 0.3 is 12.4 Å². The van der Waals surface area contributed by atoms with Crippen LogP contribution in [0.3, 0.4) is 0 Å². The number of halogens is 6. The van der Waals surface area contributed by atoms with Crippen molar-refractivity contribution in [1.29, 1.82) is 0 Å². The molecule has 1 aliphatic carbocycles. The Morgan fingerprint density at radius 1 is 0.800 bits per heavy atom. The lowest BCUT2D eigenvalue weighted by atomic mass is 9.87. The predicted octanol–water partition coefficient (Wildman–Crippen LogP) is 6.36. The molecule has 0 N–H and O–H groups in total. The summed E-state index contributed by atoms with van der Waals surface area (Å²) in [5, 5.41) is 0.458. The average Bonchev–Trinajstić information content (AvgIpc) is 2.53. The standard InChI is InChI=1S/C18H16F6O/c19-17(20,21)12-6-8-13(9-7-12)25-15-10-5-11-3-1-2-4-14(11)16(15)18(22,23)24/h1-5,10,12-13H,6-9H2. The van der Waals surface area contributed by atoms with E-state index in [2.05, 4.69) is 0 Å². The molecule has 0 aliphatic heterocycles. The molecule has 0 heterocycles. The lowest BCUT2D eigenvalue weighted by Crippen LogP contribution is -2.32. The van der Waals surface area contributed by atoms with Crippen LogP contribution in [0.5, 0.6) is 5.75 Å². The highest BCUT2D eigenvalue weighted by atomic mass is 19.4. The summed E-state index contributed by atoms with van der Waals surface area (Å²) in [6.07, 6.45) is -9.57. The first-order valence-electron chi connectivity index (χ1n) is 7.98. The maximum absolute atomic E-state index is 13.5. The Balaban J connectivity index is 1.85. The van der Waals surface area contributed by atoms with Crippen LogP contribution in [0.15, 0.2) is 36.4 Å². The summed E-state index contributed by atoms with van der Waals surface area (Å²) >= 11 is 0. The molecule has 0 bridgehead atoms. The van der Waals surface area contributed by atoms with Gasteiger partial charge in [-0.05, 0) is 42.5 Å². The van der Waals surface area contributed by atoms with Gasteiger partial charge in [0.1, 0.15) is 11.3 Å². The van der Waals surface area contributed by atoms with E-state index >= 15 is 0 Å². The van der Waals surface area contributed by atoms with E-state index in [0.717, 1.165) is 0 Å². The van der Waals surface area contributed by atoms with E-state index in [-0.39, 0.29) is 36.8 Å². The maximum Gasteiger partial charge on any atom is 0.420 e. The highest BCUT2D eigenvalue weighted by molar-refractivity contribution is 5.88. The number of fused-ring (bicyclic) bond motifs is 1. The zero-order valence-electron chi connectivity index (χ0n) is 13.1. The SMILES string of the molecule is FC(F)(F)c1c(OC2CCC(C(F)(F)F)CC2)ccc2ccccc12. The van der Waals surface area contributed by atoms with E-state index in [1.165, 1.54) is 24.3 Å². The van der Waals surface area contributed by atoms with Crippen molar-refractivity contribution in [2.24, 2.45) is 5.92 Å². The van der Waals surface area contributed by atoms with Crippen molar-refractivity contribution < 1.29 is 31.1 Å². The molecule has 0 atom stereocenters. The van der Waals surface area contributed by atoms with Gasteiger partial charge in [0.2, 0.25) is 0 Å². The molecule has 0 unspecified atom stereocenters. The van der Waals surface area contributed by atoms with E-state index in [9.17, 15) is 26.3 Å². The second-order valence-corrected chi connectivity index (χ2v) is 6.29. The summed E-state index contributed by atoms with van der Waals surface area (Å²) in [6.45, 7) is 0. The fourth-order valence-corrected chi connectivity index (χ4v) is 3.33. The van der Waals surface area contributed by atoms with Crippen molar-refractivity contribution >= 4 is 10.8 Å². The Hall–Kier alpha value is -1.92. The van der Waals surface area contributed by atoms with E-state index in [4.69, 9.17) is 4.74 Å². The molecular weight excluding hydrogens is 346 g/mol. The largest absolute Gasteiger partial charge is 0.490 e. The molecule has 7 heteroatoms. The van der Waals surface area contributed by atoms with Crippen LogP contribution in [0.4, 0.5) is 26.3 Å². The van der Waals surface area contributed by atoms with Crippen LogP contribution in [-0.2, 0) is 6.18 Å². The fourth-order valence-electron chi connectivity index (χ4n) is 3.33. The van der Waals surface area contributed by atoms with Crippen LogP contribution in [0.2, 0.25) is 0 Å². The van der Waals surface area contributed by atoms with E-state index in [1.54, 1.807) is 12.1 Å². The van der Waals surface area contributed by atoms with Gasteiger partial charge in [-0.1, -0.05) is 30.3 Å². The van der Waals surface area contributed by atoms with Gasteiger partial charge in [0.05, 0.1) is 12.0 Å². The molecule has 0 saturated heterocycles. The molecule has 1 fully saturated rings. The van der Waals surface area contributed by atoms with Crippen molar-refractivity contribution in [3.63, 3.8) is 0 Å². The minimum absolute atomic E-state index is 0.0245. The molecular formula is C18H16F6O. The quantitative estimate of drug-likeness (QED) is 0.565. The van der Waals surface area contributed by atoms with E-state index in [0.29, 0.717) is 5.39 Å². The number of hydrogen-bond donors (Lipinski definition) is 0. The van der Waals surface area contributed by atoms with Crippen molar-refractivity contribution in [3.05, 3.63) is 42.0 Å². The Labute approximate surface area is 140 Å². The normalized spacial score (nSPS) is 22.2. The summed E-state index contributed by atoms with van der Waals surface area (Å²) in [7, 11) is 0. The minimum atomic E-state index is -4.61. The molecule has 1 aliphatic rings. The molecule has 1 nitrogen and oxygen atoms in total. The number of benzene rings is 2. The van der Waals surface area contributed by atoms with Crippen molar-refractivity contribution in [1.82, 2.24) is 0 Å². The van der Waals surface area contributed by atoms with E-state index < -0.39 is 29.9 Å². The third-order valence-electron chi connectivity index (χ3n) is 4.61. The zero-order chi connectivity index (χ0) is 18.2. The summed E-state index contributed by atoms with van der Waals surface area (Å²) in [5.74, 6) is -1.72. The topological polar surface area (TPSA) is 9.23 Å². The number of rotatable bonds is 2. The van der Waals surface area contributed by atoms with Gasteiger partial charge in [0.25, 0.3) is 0 Å². The first kappa shape index (κ1) is 17.9. The van der Waals surface area contributed by atoms with Gasteiger partial charge in [-0.25, -0.2) is 0 Å². The molecule has 3 rings (SSSR count). The fraction of sp³-hybridized carbons (Fsp3) is 0.444. The molecule has 25 heavy (non-hydrogen) atoms. The molecule has 2 aromatic rings. The molecule has 136 valence electrons. The van der Waals surface area contributed by atoms with Crippen LogP contribution in [0.25, 0.3) is 10.8 Å². The molecule has 0 amide bonds. The van der Waals surface area contributed by atoms with Gasteiger partial charge in [-0.15, -0.1) is 0 Å². The first-order valence-corrected chi connectivity index (χ1v) is 7.98. The number of alkyl halides is 6. The highest BCUT2D eigenvalue weighted by Crippen LogP contribution is 2.43. The average molecular weight is 362 g/mol. The lowest BCUT2D eigenvalue weighted by molar-refractivity contribution is -0.185. The van der Waals surface area contributed by atoms with Crippen LogP contribution >= 0.6 is 0 Å². The Morgan fingerprint density at radius 3 is 2.04 bits per heavy atom. The minimum Gasteiger partial charge on any atom is -0.490 e. The van der Waals surface area contributed by atoms with Gasteiger partial charge in [0.15, 0.2) is 0 Å². The van der Waals surface area contributed by atoms with E-state index in [1.807, 2.05) is 0 Å². The third-order valence-corrected chi connectivity index (χ3v) is 4.61. The smallest absolute Gasteiger partial charge is 0.420 e. The summed E-state index contributed by atoms with van der Waals surface area (Å²) < 4.78 is 84.2. The molecule has 1 saturated carbocycles. The Kier molecular flexibility index (Phi) is 4.60. The number of hydrogen-bond acceptors (Lipinski definition) is 1. The lowest BCUT2D eigenvalue weighted by Gasteiger charge is -2.31. The Morgan fingerprint density at radius 2 is 1.44 bits per heavy atom. The van der Waals surface area contributed by atoms with Crippen LogP contribution in [0, 0.1) is 5.92 Å². The summed E-state index contributed by atoms with van der Waals surface area (Å²) in [5.41, 5.74) is -0.872. The van der Waals surface area contributed by atoms with Gasteiger partial charge in [0, 0.05) is 0 Å². The second kappa shape index (κ2) is 6.42. The molecule has 0 spiro atoms. The van der Waals surface area contributed by atoms with Crippen molar-refractivity contribution in [2.75, 3.05) is 0 Å². The summed E-state index contributed by atoms with van der Waals surface area (Å²) in [6, 6.07) is 8.87. The van der Waals surface area contributed by atoms with Crippen LogP contribution < -0.4 is 4.74 Å². The third kappa shape index (κ3) is 3.85. The van der Waals surface area contributed by atoms with Gasteiger partial charge in [-0.2, -0.15) is 26.3 Å². The predicted molar refractivity (Wildman–Crippen MR) is 81.4 cm³/mol. The van der Waals surface area contributed by atoms with Crippen LogP contribution in [0.1, 0.15) is 31.2 Å². The summed E-state index contributed by atoms with van der Waals surface area (Å²) in [4.78, 5) is 0. The van der Waals surface area contributed by atoms with Gasteiger partial charge < -0.3 is 4.74 Å². The van der Waals surface area contributed by atoms with Gasteiger partial charge in [-0.3, -0.25) is 0 Å². The van der Waals surface area contributed by atoms with Crippen molar-refractivity contribution in [3.8, 4) is 5.75 Å². The maximum atomic E-state index is 13.5. The van der Waals surface area contributed by atoms with Crippen LogP contribution in [-0.4, -0.2) is 12.3 Å². The zero-order valence-corrected chi connectivity index (χ0v) is 13.1. The first-order chi connectivity index (χ1) is 11.7. The molecule has 0 radical (unpaired) electrons. The highest BCUT2D eigenvalue weighted by Gasteiger charge is 2.42. The number of ether oxygens (including phenoxy) is 1.